The molecular weight excluding hydrogens is 272 g/mol. The third kappa shape index (κ3) is 5.34. The molecule has 0 heterocycles. The fourth-order valence-corrected chi connectivity index (χ4v) is 2.74. The number of guanidine groups is 1. The third-order valence-electron chi connectivity index (χ3n) is 4.35. The number of benzene rings is 1. The molecule has 1 fully saturated rings. The van der Waals surface area contributed by atoms with Gasteiger partial charge in [-0.3, -0.25) is 4.99 Å². The Labute approximate surface area is 134 Å². The monoisotopic (exact) mass is 302 g/mol. The highest BCUT2D eigenvalue weighted by Gasteiger charge is 2.21. The molecule has 1 aliphatic carbocycles. The van der Waals surface area contributed by atoms with Crippen LogP contribution in [-0.2, 0) is 0 Å². The van der Waals surface area contributed by atoms with Crippen LogP contribution in [-0.4, -0.2) is 24.6 Å². The second-order valence-corrected chi connectivity index (χ2v) is 7.04. The van der Waals surface area contributed by atoms with Crippen LogP contribution in [0.4, 0.5) is 0 Å². The molecule has 1 aromatic rings. The quantitative estimate of drug-likeness (QED) is 0.536. The van der Waals surface area contributed by atoms with E-state index in [2.05, 4.69) is 60.7 Å². The lowest BCUT2D eigenvalue weighted by atomic mass is 9.85. The van der Waals surface area contributed by atoms with Crippen LogP contribution in [0.25, 0.3) is 0 Å². The SMILES string of the molecule is CC(NC(C)(C)CN=C(N)NCC1CCC1)c1ccccc1. The normalized spacial score (nSPS) is 17.9. The average molecular weight is 302 g/mol. The zero-order valence-electron chi connectivity index (χ0n) is 14.1. The van der Waals surface area contributed by atoms with Gasteiger partial charge < -0.3 is 16.4 Å². The molecule has 4 nitrogen and oxygen atoms in total. The first-order chi connectivity index (χ1) is 10.5. The zero-order valence-corrected chi connectivity index (χ0v) is 14.1. The molecule has 4 heteroatoms. The lowest BCUT2D eigenvalue weighted by Crippen LogP contribution is -2.45. The van der Waals surface area contributed by atoms with E-state index >= 15 is 0 Å². The maximum atomic E-state index is 5.96. The van der Waals surface area contributed by atoms with Gasteiger partial charge in [-0.2, -0.15) is 0 Å². The lowest BCUT2D eigenvalue weighted by molar-refractivity contribution is 0.315. The number of nitrogens with two attached hydrogens (primary N) is 1. The Morgan fingerprint density at radius 2 is 2.00 bits per heavy atom. The molecular formula is C18H30N4. The van der Waals surface area contributed by atoms with Crippen molar-refractivity contribution in [1.82, 2.24) is 10.6 Å². The first-order valence-corrected chi connectivity index (χ1v) is 8.33. The molecule has 4 N–H and O–H groups in total. The minimum absolute atomic E-state index is 0.0992. The van der Waals surface area contributed by atoms with Gasteiger partial charge in [-0.05, 0) is 45.1 Å². The van der Waals surface area contributed by atoms with E-state index in [9.17, 15) is 0 Å². The molecule has 0 spiro atoms. The van der Waals surface area contributed by atoms with Crippen molar-refractivity contribution >= 4 is 5.96 Å². The molecule has 1 saturated carbocycles. The second-order valence-electron chi connectivity index (χ2n) is 7.04. The minimum Gasteiger partial charge on any atom is -0.370 e. The van der Waals surface area contributed by atoms with E-state index in [-0.39, 0.29) is 11.6 Å². The third-order valence-corrected chi connectivity index (χ3v) is 4.35. The van der Waals surface area contributed by atoms with Crippen LogP contribution in [0.15, 0.2) is 35.3 Å². The summed E-state index contributed by atoms with van der Waals surface area (Å²) in [6.45, 7) is 8.13. The van der Waals surface area contributed by atoms with E-state index in [1.807, 2.05) is 6.07 Å². The summed E-state index contributed by atoms with van der Waals surface area (Å²) in [5.41, 5.74) is 7.15. The number of hydrogen-bond donors (Lipinski definition) is 3. The largest absolute Gasteiger partial charge is 0.370 e. The Balaban J connectivity index is 1.79. The fraction of sp³-hybridized carbons (Fsp3) is 0.611. The lowest BCUT2D eigenvalue weighted by Gasteiger charge is -2.29. The van der Waals surface area contributed by atoms with Crippen molar-refractivity contribution in [3.63, 3.8) is 0 Å². The van der Waals surface area contributed by atoms with Crippen LogP contribution >= 0.6 is 0 Å². The van der Waals surface area contributed by atoms with E-state index in [1.54, 1.807) is 0 Å². The van der Waals surface area contributed by atoms with Gasteiger partial charge in [0.2, 0.25) is 0 Å². The molecule has 0 saturated heterocycles. The summed E-state index contributed by atoms with van der Waals surface area (Å²) in [4.78, 5) is 4.49. The Morgan fingerprint density at radius 3 is 2.59 bits per heavy atom. The van der Waals surface area contributed by atoms with Gasteiger partial charge in [0.05, 0.1) is 6.54 Å². The molecule has 1 unspecified atom stereocenters. The summed E-state index contributed by atoms with van der Waals surface area (Å²) >= 11 is 0. The Kier molecular flexibility index (Phi) is 5.83. The van der Waals surface area contributed by atoms with Crippen LogP contribution in [0.3, 0.4) is 0 Å². The van der Waals surface area contributed by atoms with Gasteiger partial charge in [-0.25, -0.2) is 0 Å². The smallest absolute Gasteiger partial charge is 0.188 e. The molecule has 0 radical (unpaired) electrons. The molecule has 2 rings (SSSR count). The molecule has 0 bridgehead atoms. The summed E-state index contributed by atoms with van der Waals surface area (Å²) in [5.74, 6) is 1.35. The first-order valence-electron chi connectivity index (χ1n) is 8.33. The zero-order chi connectivity index (χ0) is 16.0. The molecule has 22 heavy (non-hydrogen) atoms. The van der Waals surface area contributed by atoms with Crippen LogP contribution in [0.5, 0.6) is 0 Å². The minimum atomic E-state index is -0.0992. The maximum absolute atomic E-state index is 5.96. The van der Waals surface area contributed by atoms with Crippen molar-refractivity contribution in [2.75, 3.05) is 13.1 Å². The topological polar surface area (TPSA) is 62.4 Å². The molecule has 1 atom stereocenters. The predicted octanol–water partition coefficient (Wildman–Crippen LogP) is 2.82. The van der Waals surface area contributed by atoms with Crippen LogP contribution in [0, 0.1) is 5.92 Å². The van der Waals surface area contributed by atoms with E-state index in [0.717, 1.165) is 12.5 Å². The highest BCUT2D eigenvalue weighted by atomic mass is 15.1. The van der Waals surface area contributed by atoms with E-state index in [4.69, 9.17) is 5.73 Å². The highest BCUT2D eigenvalue weighted by molar-refractivity contribution is 5.77. The van der Waals surface area contributed by atoms with Crippen LogP contribution < -0.4 is 16.4 Å². The predicted molar refractivity (Wildman–Crippen MR) is 93.9 cm³/mol. The average Bonchev–Trinajstić information content (AvgIpc) is 2.44. The fourth-order valence-electron chi connectivity index (χ4n) is 2.74. The van der Waals surface area contributed by atoms with Crippen molar-refractivity contribution < 1.29 is 0 Å². The van der Waals surface area contributed by atoms with Crippen LogP contribution in [0.1, 0.15) is 51.6 Å². The Hall–Kier alpha value is -1.55. The van der Waals surface area contributed by atoms with Crippen molar-refractivity contribution in [2.24, 2.45) is 16.6 Å². The van der Waals surface area contributed by atoms with Gasteiger partial charge in [-0.15, -0.1) is 0 Å². The number of rotatable bonds is 7. The van der Waals surface area contributed by atoms with E-state index < -0.39 is 0 Å². The maximum Gasteiger partial charge on any atom is 0.188 e. The molecule has 0 aliphatic heterocycles. The summed E-state index contributed by atoms with van der Waals surface area (Å²) in [6.07, 6.45) is 4.00. The standard InChI is InChI=1S/C18H30N4/c1-14(16-10-5-4-6-11-16)22-18(2,3)13-21-17(19)20-12-15-8-7-9-15/h4-6,10-11,14-15,22H,7-9,12-13H2,1-3H3,(H3,19,20,21). The second kappa shape index (κ2) is 7.63. The van der Waals surface area contributed by atoms with Crippen molar-refractivity contribution in [3.8, 4) is 0 Å². The first kappa shape index (κ1) is 16.8. The van der Waals surface area contributed by atoms with Gasteiger partial charge >= 0.3 is 0 Å². The van der Waals surface area contributed by atoms with Crippen molar-refractivity contribution in [2.45, 2.75) is 51.6 Å². The summed E-state index contributed by atoms with van der Waals surface area (Å²) in [7, 11) is 0. The number of nitrogens with one attached hydrogen (secondary N) is 2. The Morgan fingerprint density at radius 1 is 1.32 bits per heavy atom. The van der Waals surface area contributed by atoms with Crippen molar-refractivity contribution in [3.05, 3.63) is 35.9 Å². The number of aliphatic imine (C=N–C) groups is 1. The number of hydrogen-bond acceptors (Lipinski definition) is 2. The molecule has 1 aliphatic rings. The van der Waals surface area contributed by atoms with E-state index in [0.29, 0.717) is 12.5 Å². The molecule has 0 amide bonds. The van der Waals surface area contributed by atoms with E-state index in [1.165, 1.54) is 24.8 Å². The summed E-state index contributed by atoms with van der Waals surface area (Å²) < 4.78 is 0. The summed E-state index contributed by atoms with van der Waals surface area (Å²) in [6, 6.07) is 10.8. The van der Waals surface area contributed by atoms with Gasteiger partial charge in [0.1, 0.15) is 0 Å². The van der Waals surface area contributed by atoms with Gasteiger partial charge in [-0.1, -0.05) is 36.8 Å². The molecule has 1 aromatic carbocycles. The molecule has 0 aromatic heterocycles. The number of nitrogens with zero attached hydrogens (tertiary/aromatic N) is 1. The molecule has 122 valence electrons. The van der Waals surface area contributed by atoms with Crippen molar-refractivity contribution in [1.29, 1.82) is 0 Å². The van der Waals surface area contributed by atoms with Gasteiger partial charge in [0.15, 0.2) is 5.96 Å². The highest BCUT2D eigenvalue weighted by Crippen LogP contribution is 2.25. The van der Waals surface area contributed by atoms with Crippen LogP contribution in [0.2, 0.25) is 0 Å². The summed E-state index contributed by atoms with van der Waals surface area (Å²) in [5, 5.41) is 6.87. The Bertz CT molecular complexity index is 477. The van der Waals surface area contributed by atoms with Gasteiger partial charge in [0, 0.05) is 18.1 Å². The van der Waals surface area contributed by atoms with Gasteiger partial charge in [0.25, 0.3) is 0 Å².